The zero-order valence-corrected chi connectivity index (χ0v) is 12.6. The summed E-state index contributed by atoms with van der Waals surface area (Å²) in [5.74, 6) is -1.12. The summed E-state index contributed by atoms with van der Waals surface area (Å²) < 4.78 is 0. The van der Waals surface area contributed by atoms with Crippen LogP contribution in [0.4, 0.5) is 0 Å². The second kappa shape index (κ2) is 8.50. The van der Waals surface area contributed by atoms with Gasteiger partial charge in [0.2, 0.25) is 0 Å². The van der Waals surface area contributed by atoms with Crippen LogP contribution in [0.2, 0.25) is 0 Å². The molecular formula is C14H20N2O3S. The number of aliphatic carboxylic acids is 1. The summed E-state index contributed by atoms with van der Waals surface area (Å²) in [5.41, 5.74) is 0.569. The van der Waals surface area contributed by atoms with Crippen molar-refractivity contribution in [2.45, 2.75) is 13.8 Å². The van der Waals surface area contributed by atoms with Crippen LogP contribution < -0.4 is 5.32 Å². The Kier molecular flexibility index (Phi) is 6.97. The van der Waals surface area contributed by atoms with E-state index in [0.29, 0.717) is 12.1 Å². The first-order valence-electron chi connectivity index (χ1n) is 6.56. The van der Waals surface area contributed by atoms with E-state index in [4.69, 9.17) is 5.11 Å². The molecule has 0 atom stereocenters. The lowest BCUT2D eigenvalue weighted by Crippen LogP contribution is -2.34. The van der Waals surface area contributed by atoms with Crippen molar-refractivity contribution in [1.82, 2.24) is 10.2 Å². The number of nitrogens with zero attached hydrogens (tertiary/aromatic N) is 1. The number of carboxylic acid groups (broad SMARTS) is 1. The fraction of sp³-hybridized carbons (Fsp3) is 0.429. The number of rotatable bonds is 8. The molecule has 6 heteroatoms. The first kappa shape index (κ1) is 16.4. The summed E-state index contributed by atoms with van der Waals surface area (Å²) in [6, 6.07) is 1.69. The molecule has 0 saturated carbocycles. The van der Waals surface area contributed by atoms with E-state index in [9.17, 15) is 9.59 Å². The second-order valence-corrected chi connectivity index (χ2v) is 5.13. The van der Waals surface area contributed by atoms with Crippen LogP contribution in [-0.2, 0) is 4.79 Å². The predicted octanol–water partition coefficient (Wildman–Crippen LogP) is 1.92. The molecule has 1 rings (SSSR count). The topological polar surface area (TPSA) is 69.6 Å². The van der Waals surface area contributed by atoms with Gasteiger partial charge in [-0.15, -0.1) is 11.3 Å². The fourth-order valence-electron chi connectivity index (χ4n) is 1.68. The van der Waals surface area contributed by atoms with Crippen LogP contribution >= 0.6 is 11.3 Å². The molecule has 0 unspecified atom stereocenters. The molecule has 0 aromatic carbocycles. The number of thiophene rings is 1. The molecule has 0 aliphatic rings. The van der Waals surface area contributed by atoms with E-state index in [1.807, 2.05) is 0 Å². The molecule has 1 amide bonds. The minimum Gasteiger partial charge on any atom is -0.478 e. The van der Waals surface area contributed by atoms with Crippen LogP contribution in [-0.4, -0.2) is 48.1 Å². The number of carbonyl (C=O) groups is 2. The van der Waals surface area contributed by atoms with Crippen molar-refractivity contribution in [2.24, 2.45) is 0 Å². The molecule has 0 bridgehead atoms. The minimum atomic E-state index is -0.997. The zero-order valence-electron chi connectivity index (χ0n) is 11.8. The Balaban J connectivity index is 2.46. The molecule has 2 N–H and O–H groups in total. The van der Waals surface area contributed by atoms with Crippen molar-refractivity contribution in [3.63, 3.8) is 0 Å². The molecule has 1 aromatic rings. The third-order valence-corrected chi connectivity index (χ3v) is 3.78. The molecule has 1 heterocycles. The first-order valence-corrected chi connectivity index (χ1v) is 7.44. The van der Waals surface area contributed by atoms with Gasteiger partial charge in [0.05, 0.1) is 5.56 Å². The number of carboxylic acids is 1. The van der Waals surface area contributed by atoms with E-state index in [2.05, 4.69) is 24.1 Å². The van der Waals surface area contributed by atoms with Gasteiger partial charge in [-0.25, -0.2) is 4.79 Å². The van der Waals surface area contributed by atoms with Crippen LogP contribution in [0.25, 0.3) is 6.08 Å². The van der Waals surface area contributed by atoms with Crippen LogP contribution in [0.3, 0.4) is 0 Å². The Labute approximate surface area is 122 Å². The van der Waals surface area contributed by atoms with Gasteiger partial charge >= 0.3 is 5.97 Å². The van der Waals surface area contributed by atoms with Crippen LogP contribution in [0.15, 0.2) is 17.5 Å². The Hall–Kier alpha value is -1.66. The zero-order chi connectivity index (χ0) is 15.0. The van der Waals surface area contributed by atoms with Crippen molar-refractivity contribution in [2.75, 3.05) is 26.2 Å². The number of carbonyl (C=O) groups excluding carboxylic acids is 1. The second-order valence-electron chi connectivity index (χ2n) is 4.19. The van der Waals surface area contributed by atoms with E-state index >= 15 is 0 Å². The number of hydrogen-bond donors (Lipinski definition) is 2. The molecule has 110 valence electrons. The summed E-state index contributed by atoms with van der Waals surface area (Å²) in [6.07, 6.45) is 2.55. The van der Waals surface area contributed by atoms with Gasteiger partial charge in [-0.05, 0) is 25.2 Å². The molecule has 20 heavy (non-hydrogen) atoms. The molecule has 0 aliphatic carbocycles. The molecule has 0 spiro atoms. The van der Waals surface area contributed by atoms with E-state index in [1.165, 1.54) is 17.4 Å². The minimum absolute atomic E-state index is 0.122. The Morgan fingerprint density at radius 1 is 1.40 bits per heavy atom. The van der Waals surface area contributed by atoms with Crippen molar-refractivity contribution < 1.29 is 14.7 Å². The standard InChI is InChI=1S/C14H20N2O3S/c1-3-16(4-2)8-7-15-14(19)11-9-12(20-10-11)5-6-13(17)18/h5-6,9-10H,3-4,7-8H2,1-2H3,(H,15,19)(H,17,18). The molecule has 0 aliphatic heterocycles. The van der Waals surface area contributed by atoms with Crippen molar-refractivity contribution in [3.05, 3.63) is 28.0 Å². The maximum atomic E-state index is 11.9. The Morgan fingerprint density at radius 3 is 2.70 bits per heavy atom. The summed E-state index contributed by atoms with van der Waals surface area (Å²) in [4.78, 5) is 25.3. The maximum Gasteiger partial charge on any atom is 0.328 e. The Morgan fingerprint density at radius 2 is 2.10 bits per heavy atom. The lowest BCUT2D eigenvalue weighted by molar-refractivity contribution is -0.131. The van der Waals surface area contributed by atoms with Crippen LogP contribution in [0.5, 0.6) is 0 Å². The number of nitrogens with one attached hydrogen (secondary N) is 1. The third-order valence-electron chi connectivity index (χ3n) is 2.88. The quantitative estimate of drug-likeness (QED) is 0.719. The molecular weight excluding hydrogens is 276 g/mol. The molecule has 0 fully saturated rings. The normalized spacial score (nSPS) is 11.2. The summed E-state index contributed by atoms with van der Waals surface area (Å²) in [6.45, 7) is 7.55. The highest BCUT2D eigenvalue weighted by Gasteiger charge is 2.08. The molecule has 0 saturated heterocycles. The summed E-state index contributed by atoms with van der Waals surface area (Å²) in [5, 5.41) is 13.1. The van der Waals surface area contributed by atoms with E-state index in [1.54, 1.807) is 11.4 Å². The molecule has 0 radical (unpaired) electrons. The fourth-order valence-corrected chi connectivity index (χ4v) is 2.46. The van der Waals surface area contributed by atoms with Gasteiger partial charge < -0.3 is 15.3 Å². The summed E-state index contributed by atoms with van der Waals surface area (Å²) >= 11 is 1.35. The van der Waals surface area contributed by atoms with Gasteiger partial charge in [0.1, 0.15) is 0 Å². The highest BCUT2D eigenvalue weighted by Crippen LogP contribution is 2.16. The average molecular weight is 296 g/mol. The van der Waals surface area contributed by atoms with Gasteiger partial charge in [-0.3, -0.25) is 4.79 Å². The van der Waals surface area contributed by atoms with Gasteiger partial charge in [-0.2, -0.15) is 0 Å². The number of hydrogen-bond acceptors (Lipinski definition) is 4. The number of likely N-dealkylation sites (N-methyl/N-ethyl adjacent to an activating group) is 1. The maximum absolute atomic E-state index is 11.9. The number of amides is 1. The first-order chi connectivity index (χ1) is 9.56. The van der Waals surface area contributed by atoms with Crippen LogP contribution in [0.1, 0.15) is 29.1 Å². The average Bonchev–Trinajstić information content (AvgIpc) is 2.90. The SMILES string of the molecule is CCN(CC)CCNC(=O)c1csc(C=CC(=O)O)c1. The van der Waals surface area contributed by atoms with Gasteiger partial charge in [-0.1, -0.05) is 13.8 Å². The molecule has 1 aromatic heterocycles. The smallest absolute Gasteiger partial charge is 0.328 e. The Bertz CT molecular complexity index is 479. The predicted molar refractivity (Wildman–Crippen MR) is 81.1 cm³/mol. The summed E-state index contributed by atoms with van der Waals surface area (Å²) in [7, 11) is 0. The third kappa shape index (κ3) is 5.54. The highest BCUT2D eigenvalue weighted by atomic mass is 32.1. The van der Waals surface area contributed by atoms with E-state index in [0.717, 1.165) is 30.6 Å². The highest BCUT2D eigenvalue weighted by molar-refractivity contribution is 7.11. The van der Waals surface area contributed by atoms with Gasteiger partial charge in [0.15, 0.2) is 0 Å². The monoisotopic (exact) mass is 296 g/mol. The van der Waals surface area contributed by atoms with Crippen LogP contribution in [0, 0.1) is 0 Å². The van der Waals surface area contributed by atoms with Crippen molar-refractivity contribution in [1.29, 1.82) is 0 Å². The van der Waals surface area contributed by atoms with Gasteiger partial charge in [0.25, 0.3) is 5.91 Å². The lowest BCUT2D eigenvalue weighted by atomic mass is 10.3. The van der Waals surface area contributed by atoms with Crippen molar-refractivity contribution in [3.8, 4) is 0 Å². The van der Waals surface area contributed by atoms with Gasteiger partial charge in [0, 0.05) is 29.4 Å². The van der Waals surface area contributed by atoms with Crippen molar-refractivity contribution >= 4 is 29.3 Å². The molecule has 5 nitrogen and oxygen atoms in total. The largest absolute Gasteiger partial charge is 0.478 e. The van der Waals surface area contributed by atoms with E-state index < -0.39 is 5.97 Å². The lowest BCUT2D eigenvalue weighted by Gasteiger charge is -2.17. The van der Waals surface area contributed by atoms with E-state index in [-0.39, 0.29) is 5.91 Å².